The lowest BCUT2D eigenvalue weighted by molar-refractivity contribution is -0.139. The fourth-order valence-electron chi connectivity index (χ4n) is 4.73. The van der Waals surface area contributed by atoms with Gasteiger partial charge in [0.25, 0.3) is 5.92 Å². The number of ether oxygens (including phenoxy) is 1. The fraction of sp³-hybridized carbons (Fsp3) is 0.440. The number of amidine groups is 1. The Bertz CT molecular complexity index is 1270. The molecule has 204 valence electrons. The highest BCUT2D eigenvalue weighted by atomic mass is 79.9. The number of carbonyl (C=O) groups is 2. The van der Waals surface area contributed by atoms with Crippen LogP contribution < -0.4 is 5.32 Å². The summed E-state index contributed by atoms with van der Waals surface area (Å²) in [4.78, 5) is 35.0. The van der Waals surface area contributed by atoms with E-state index in [1.807, 2.05) is 0 Å². The smallest absolute Gasteiger partial charge is 0.338 e. The van der Waals surface area contributed by atoms with Crippen molar-refractivity contribution in [3.8, 4) is 0 Å². The number of aromatic nitrogens is 1. The van der Waals surface area contributed by atoms with Gasteiger partial charge >= 0.3 is 11.9 Å². The number of rotatable bonds is 9. The molecule has 2 aliphatic heterocycles. The molecule has 1 aromatic heterocycles. The lowest BCUT2D eigenvalue weighted by Gasteiger charge is -2.33. The quantitative estimate of drug-likeness (QED) is 0.387. The summed E-state index contributed by atoms with van der Waals surface area (Å²) in [7, 11) is 0. The second kappa shape index (κ2) is 11.5. The van der Waals surface area contributed by atoms with Crippen molar-refractivity contribution in [3.05, 3.63) is 61.9 Å². The maximum absolute atomic E-state index is 14.8. The molecular formula is C25H26BrF3N4O4S. The number of likely N-dealkylation sites (tertiary alicyclic amines) is 1. The van der Waals surface area contributed by atoms with E-state index in [0.29, 0.717) is 20.9 Å². The number of esters is 1. The molecule has 1 fully saturated rings. The van der Waals surface area contributed by atoms with Crippen LogP contribution in [0.3, 0.4) is 0 Å². The molecule has 1 unspecified atom stereocenters. The molecule has 2 aliphatic rings. The normalized spacial score (nSPS) is 23.2. The van der Waals surface area contributed by atoms with Crippen LogP contribution in [0.15, 0.2) is 50.5 Å². The number of nitrogens with zero attached hydrogens (tertiary/aromatic N) is 3. The minimum Gasteiger partial charge on any atom is -0.481 e. The minimum absolute atomic E-state index is 0.0254. The van der Waals surface area contributed by atoms with E-state index in [4.69, 9.17) is 14.8 Å². The first kappa shape index (κ1) is 28.2. The van der Waals surface area contributed by atoms with Crippen molar-refractivity contribution in [1.82, 2.24) is 15.2 Å². The Morgan fingerprint density at radius 3 is 2.76 bits per heavy atom. The summed E-state index contributed by atoms with van der Waals surface area (Å²) in [6.45, 7) is 2.98. The lowest BCUT2D eigenvalue weighted by atomic mass is 9.95. The van der Waals surface area contributed by atoms with E-state index in [9.17, 15) is 22.8 Å². The van der Waals surface area contributed by atoms with Crippen molar-refractivity contribution in [2.45, 2.75) is 57.2 Å². The van der Waals surface area contributed by atoms with Gasteiger partial charge in [-0.15, -0.1) is 11.3 Å². The molecule has 2 N–H and O–H groups in total. The largest absolute Gasteiger partial charge is 0.481 e. The van der Waals surface area contributed by atoms with Crippen LogP contribution in [0.25, 0.3) is 0 Å². The van der Waals surface area contributed by atoms with Gasteiger partial charge in [-0.05, 0) is 38.0 Å². The van der Waals surface area contributed by atoms with E-state index in [2.05, 4.69) is 26.2 Å². The molecule has 13 heteroatoms. The van der Waals surface area contributed by atoms with Crippen LogP contribution in [0.2, 0.25) is 0 Å². The maximum atomic E-state index is 14.8. The molecular weight excluding hydrogens is 589 g/mol. The Morgan fingerprint density at radius 1 is 1.37 bits per heavy atom. The van der Waals surface area contributed by atoms with Gasteiger partial charge in [-0.25, -0.2) is 22.9 Å². The van der Waals surface area contributed by atoms with Gasteiger partial charge in [-0.1, -0.05) is 22.0 Å². The molecule has 3 atom stereocenters. The Hall–Kier alpha value is -2.77. The van der Waals surface area contributed by atoms with Gasteiger partial charge in [-0.3, -0.25) is 14.7 Å². The summed E-state index contributed by atoms with van der Waals surface area (Å²) in [6.07, 6.45) is 0.849. The zero-order chi connectivity index (χ0) is 27.6. The summed E-state index contributed by atoms with van der Waals surface area (Å²) in [5.41, 5.74) is 0.860. The van der Waals surface area contributed by atoms with Crippen molar-refractivity contribution in [1.29, 1.82) is 0 Å². The fourth-order valence-corrected chi connectivity index (χ4v) is 5.89. The number of aliphatic carboxylic acids is 1. The summed E-state index contributed by atoms with van der Waals surface area (Å²) in [5, 5.41) is 14.5. The van der Waals surface area contributed by atoms with Gasteiger partial charge in [0.05, 0.1) is 18.2 Å². The summed E-state index contributed by atoms with van der Waals surface area (Å²) >= 11 is 4.66. The van der Waals surface area contributed by atoms with E-state index in [1.165, 1.54) is 41.4 Å². The molecule has 0 bridgehead atoms. The number of alkyl halides is 2. The number of halogens is 4. The van der Waals surface area contributed by atoms with Crippen molar-refractivity contribution in [2.75, 3.05) is 13.2 Å². The van der Waals surface area contributed by atoms with Crippen molar-refractivity contribution >= 4 is 45.0 Å². The van der Waals surface area contributed by atoms with Crippen molar-refractivity contribution < 1.29 is 32.6 Å². The number of hydrogen-bond donors (Lipinski definition) is 2. The van der Waals surface area contributed by atoms with Gasteiger partial charge in [0, 0.05) is 47.2 Å². The summed E-state index contributed by atoms with van der Waals surface area (Å²) in [5.74, 6) is -4.98. The molecule has 8 nitrogen and oxygen atoms in total. The van der Waals surface area contributed by atoms with Gasteiger partial charge in [-0.2, -0.15) is 0 Å². The molecule has 0 amide bonds. The van der Waals surface area contributed by atoms with Gasteiger partial charge in [0.15, 0.2) is 10.8 Å². The first-order valence-corrected chi connectivity index (χ1v) is 13.6. The zero-order valence-corrected chi connectivity index (χ0v) is 23.0. The summed E-state index contributed by atoms with van der Waals surface area (Å²) < 4.78 is 49.3. The van der Waals surface area contributed by atoms with Gasteiger partial charge in [0.1, 0.15) is 11.9 Å². The number of benzene rings is 1. The number of hydrogen-bond acceptors (Lipinski definition) is 8. The molecule has 1 saturated heterocycles. The van der Waals surface area contributed by atoms with Crippen LogP contribution in [0.1, 0.15) is 49.7 Å². The predicted molar refractivity (Wildman–Crippen MR) is 139 cm³/mol. The highest BCUT2D eigenvalue weighted by Gasteiger charge is 2.51. The number of aliphatic imine (C=N–C) groups is 1. The van der Waals surface area contributed by atoms with E-state index >= 15 is 0 Å². The first-order valence-electron chi connectivity index (χ1n) is 12.0. The average Bonchev–Trinajstić information content (AvgIpc) is 3.46. The molecule has 0 saturated carbocycles. The monoisotopic (exact) mass is 614 g/mol. The Balaban J connectivity index is 1.83. The molecule has 0 spiro atoms. The second-order valence-corrected chi connectivity index (χ2v) is 10.8. The minimum atomic E-state index is -3.05. The highest BCUT2D eigenvalue weighted by molar-refractivity contribution is 9.10. The molecule has 0 radical (unpaired) electrons. The average molecular weight is 615 g/mol. The second-order valence-electron chi connectivity index (χ2n) is 9.02. The lowest BCUT2D eigenvalue weighted by Crippen LogP contribution is -2.45. The molecule has 2 aromatic rings. The molecule has 38 heavy (non-hydrogen) atoms. The summed E-state index contributed by atoms with van der Waals surface area (Å²) in [6, 6.07) is 1.11. The van der Waals surface area contributed by atoms with E-state index in [0.717, 1.165) is 0 Å². The van der Waals surface area contributed by atoms with Crippen molar-refractivity contribution in [2.24, 2.45) is 4.99 Å². The third-order valence-corrected chi connectivity index (χ3v) is 8.10. The van der Waals surface area contributed by atoms with Gasteiger partial charge in [0.2, 0.25) is 0 Å². The molecule has 3 heterocycles. The Kier molecular flexibility index (Phi) is 8.58. The number of carbonyl (C=O) groups excluding carboxylic acids is 1. The van der Waals surface area contributed by atoms with Crippen LogP contribution >= 0.6 is 27.3 Å². The third kappa shape index (κ3) is 5.94. The maximum Gasteiger partial charge on any atom is 0.338 e. The van der Waals surface area contributed by atoms with Crippen LogP contribution in [-0.2, 0) is 14.3 Å². The Morgan fingerprint density at radius 2 is 2.13 bits per heavy atom. The van der Waals surface area contributed by atoms with E-state index < -0.39 is 48.2 Å². The SMILES string of the molecule is CCOC(=O)C1=C(CN2C(C)C(F)(F)C[C@H]2CCC(=O)O)NC(c2nccs2)=N[C@H]1c1ccc(F)cc1Br. The van der Waals surface area contributed by atoms with Crippen LogP contribution in [0, 0.1) is 5.82 Å². The standard InChI is InChI=1S/C25H26BrF3N4O4S/c1-3-37-24(36)20-18(12-33-13(2)25(28,29)11-15(33)5-7-19(34)35)31-22(23-30-8-9-38-23)32-21(20)16-6-4-14(27)10-17(16)26/h4,6,8-10,13,15,21H,3,5,7,11-12H2,1-2H3,(H,31,32)(H,34,35)/t13?,15-,21+/m1/s1. The van der Waals surface area contributed by atoms with Gasteiger partial charge < -0.3 is 15.2 Å². The molecule has 0 aliphatic carbocycles. The topological polar surface area (TPSA) is 104 Å². The van der Waals surface area contributed by atoms with E-state index in [1.54, 1.807) is 18.5 Å². The first-order chi connectivity index (χ1) is 18.0. The van der Waals surface area contributed by atoms with Crippen LogP contribution in [0.4, 0.5) is 13.2 Å². The molecule has 4 rings (SSSR count). The number of thiazole rings is 1. The number of nitrogens with one attached hydrogen (secondary N) is 1. The van der Waals surface area contributed by atoms with Crippen molar-refractivity contribution in [3.63, 3.8) is 0 Å². The predicted octanol–water partition coefficient (Wildman–Crippen LogP) is 4.92. The molecule has 1 aromatic carbocycles. The number of carboxylic acids is 1. The third-order valence-electron chi connectivity index (χ3n) is 6.63. The highest BCUT2D eigenvalue weighted by Crippen LogP contribution is 2.42. The Labute approximate surface area is 229 Å². The van der Waals surface area contributed by atoms with Crippen LogP contribution in [0.5, 0.6) is 0 Å². The number of carboxylic acid groups (broad SMARTS) is 1. The van der Waals surface area contributed by atoms with Crippen LogP contribution in [-0.4, -0.2) is 63.9 Å². The van der Waals surface area contributed by atoms with E-state index in [-0.39, 0.29) is 37.3 Å². The zero-order valence-electron chi connectivity index (χ0n) is 20.6.